The van der Waals surface area contributed by atoms with Crippen molar-refractivity contribution in [3.63, 3.8) is 0 Å². The normalized spacial score (nSPS) is 35.1. The van der Waals surface area contributed by atoms with Gasteiger partial charge < -0.3 is 25.4 Å². The van der Waals surface area contributed by atoms with Crippen LogP contribution in [0.15, 0.2) is 0 Å². The molecule has 0 aliphatic carbocycles. The molecule has 4 atom stereocenters. The molecule has 1 aliphatic rings. The number of rotatable bonds is 3. The minimum atomic E-state index is -3.19. The van der Waals surface area contributed by atoms with Crippen molar-refractivity contribution in [3.8, 4) is 0 Å². The zero-order valence-corrected chi connectivity index (χ0v) is 8.22. The van der Waals surface area contributed by atoms with Gasteiger partial charge in [-0.2, -0.15) is 8.78 Å². The quantitative estimate of drug-likeness (QED) is 0.451. The lowest BCUT2D eigenvalue weighted by Gasteiger charge is -2.37. The Morgan fingerprint density at radius 2 is 2.06 bits per heavy atom. The van der Waals surface area contributed by atoms with E-state index in [2.05, 4.69) is 0 Å². The van der Waals surface area contributed by atoms with Gasteiger partial charge in [-0.3, -0.25) is 4.79 Å². The number of ether oxygens (including phenoxy) is 1. The molecule has 0 saturated carbocycles. The molecule has 0 aromatic carbocycles. The molecule has 1 rings (SSSR count). The minimum absolute atomic E-state index is 0.248. The smallest absolute Gasteiger partial charge is 0.315 e. The van der Waals surface area contributed by atoms with E-state index in [9.17, 15) is 23.8 Å². The Kier molecular flexibility index (Phi) is 4.54. The number of halogens is 2. The van der Waals surface area contributed by atoms with Gasteiger partial charge in [-0.1, -0.05) is 0 Å². The molecule has 1 fully saturated rings. The van der Waals surface area contributed by atoms with Gasteiger partial charge in [-0.25, -0.2) is 0 Å². The number of carbonyl (C=O) groups is 1. The highest BCUT2D eigenvalue weighted by atomic mass is 19.3. The molecule has 3 unspecified atom stereocenters. The van der Waals surface area contributed by atoms with Crippen LogP contribution in [0.5, 0.6) is 0 Å². The van der Waals surface area contributed by atoms with Gasteiger partial charge in [0.05, 0.1) is 19.3 Å². The number of hydrogen-bond donors (Lipinski definition) is 4. The van der Waals surface area contributed by atoms with E-state index in [0.717, 1.165) is 0 Å². The van der Waals surface area contributed by atoms with Crippen LogP contribution < -0.4 is 5.32 Å². The Morgan fingerprint density at radius 1 is 1.44 bits per heavy atom. The van der Waals surface area contributed by atoms with Crippen molar-refractivity contribution in [2.75, 3.05) is 13.2 Å². The van der Waals surface area contributed by atoms with Crippen molar-refractivity contribution < 1.29 is 33.6 Å². The molecule has 0 aromatic rings. The molecule has 0 radical (unpaired) electrons. The Balaban J connectivity index is 2.54. The Hall–Kier alpha value is -0.830. The fraction of sp³-hybridized carbons (Fsp3) is 0.875. The second kappa shape index (κ2) is 5.48. The molecule has 0 bridgehead atoms. The minimum Gasteiger partial charge on any atom is -0.394 e. The van der Waals surface area contributed by atoms with Gasteiger partial charge in [-0.15, -0.1) is 0 Å². The van der Waals surface area contributed by atoms with Crippen LogP contribution in [0.25, 0.3) is 0 Å². The third-order valence-corrected chi connectivity index (χ3v) is 2.34. The van der Waals surface area contributed by atoms with Crippen LogP contribution >= 0.6 is 0 Å². The average Bonchev–Trinajstić information content (AvgIpc) is 2.25. The monoisotopic (exact) mass is 241 g/mol. The highest BCUT2D eigenvalue weighted by Crippen LogP contribution is 2.15. The summed E-state index contributed by atoms with van der Waals surface area (Å²) in [6, 6.07) is -1.11. The maximum Gasteiger partial charge on any atom is 0.315 e. The predicted molar refractivity (Wildman–Crippen MR) is 46.8 cm³/mol. The summed E-state index contributed by atoms with van der Waals surface area (Å²) in [4.78, 5) is 10.7. The second-order valence-corrected chi connectivity index (χ2v) is 3.45. The first-order valence-electron chi connectivity index (χ1n) is 4.64. The van der Waals surface area contributed by atoms with Crippen molar-refractivity contribution in [2.45, 2.75) is 30.8 Å². The highest BCUT2D eigenvalue weighted by molar-refractivity contribution is 5.79. The number of aliphatic hydroxyl groups excluding tert-OH is 3. The molecule has 1 aliphatic heterocycles. The predicted octanol–water partition coefficient (Wildman–Crippen LogP) is -2.15. The van der Waals surface area contributed by atoms with Crippen LogP contribution in [0.3, 0.4) is 0 Å². The van der Waals surface area contributed by atoms with Crippen LogP contribution in [0.1, 0.15) is 0 Å². The average molecular weight is 241 g/mol. The van der Waals surface area contributed by atoms with E-state index in [0.29, 0.717) is 0 Å². The van der Waals surface area contributed by atoms with Crippen LogP contribution in [-0.4, -0.2) is 65.2 Å². The lowest BCUT2D eigenvalue weighted by atomic mass is 9.98. The summed E-state index contributed by atoms with van der Waals surface area (Å²) in [7, 11) is 0. The summed E-state index contributed by atoms with van der Waals surface area (Å²) in [6.07, 6.45) is -7.05. The topological polar surface area (TPSA) is 99.0 Å². The maximum atomic E-state index is 11.9. The van der Waals surface area contributed by atoms with Crippen molar-refractivity contribution in [3.05, 3.63) is 0 Å². The lowest BCUT2D eigenvalue weighted by molar-refractivity contribution is -0.166. The van der Waals surface area contributed by atoms with Crippen LogP contribution in [0.2, 0.25) is 0 Å². The van der Waals surface area contributed by atoms with Crippen molar-refractivity contribution >= 4 is 5.91 Å². The summed E-state index contributed by atoms with van der Waals surface area (Å²) in [5.41, 5.74) is 0. The number of aliphatic hydroxyl groups is 3. The number of amides is 1. The molecule has 0 aromatic heterocycles. The lowest BCUT2D eigenvalue weighted by Crippen LogP contribution is -2.60. The second-order valence-electron chi connectivity index (χ2n) is 3.45. The van der Waals surface area contributed by atoms with Gasteiger partial charge in [0.1, 0.15) is 18.3 Å². The van der Waals surface area contributed by atoms with Crippen LogP contribution in [0.4, 0.5) is 8.78 Å². The number of carbonyl (C=O) groups excluding carboxylic acids is 1. The Bertz CT molecular complexity index is 253. The molecular weight excluding hydrogens is 228 g/mol. The van der Waals surface area contributed by atoms with E-state index in [-0.39, 0.29) is 6.61 Å². The van der Waals surface area contributed by atoms with Gasteiger partial charge in [-0.05, 0) is 0 Å². The maximum absolute atomic E-state index is 11.9. The summed E-state index contributed by atoms with van der Waals surface area (Å²) in [5.74, 6) is -1.54. The largest absolute Gasteiger partial charge is 0.394 e. The van der Waals surface area contributed by atoms with E-state index >= 15 is 0 Å². The van der Waals surface area contributed by atoms with E-state index in [1.165, 1.54) is 0 Å². The number of alkyl halides is 2. The zero-order chi connectivity index (χ0) is 12.3. The third-order valence-electron chi connectivity index (χ3n) is 2.34. The van der Waals surface area contributed by atoms with Crippen LogP contribution in [0, 0.1) is 0 Å². The molecule has 1 amide bonds. The first kappa shape index (κ1) is 13.2. The molecule has 94 valence electrons. The van der Waals surface area contributed by atoms with E-state index < -0.39 is 43.3 Å². The molecule has 16 heavy (non-hydrogen) atoms. The zero-order valence-electron chi connectivity index (χ0n) is 8.22. The third kappa shape index (κ3) is 2.85. The van der Waals surface area contributed by atoms with Gasteiger partial charge in [0, 0.05) is 0 Å². The summed E-state index contributed by atoms with van der Waals surface area (Å²) in [6.45, 7) is -0.754. The molecular formula is C8H13F2NO5. The number of nitrogens with one attached hydrogen (secondary N) is 1. The molecule has 0 spiro atoms. The molecule has 1 heterocycles. The summed E-state index contributed by atoms with van der Waals surface area (Å²) in [5, 5.41) is 29.4. The van der Waals surface area contributed by atoms with Gasteiger partial charge >= 0.3 is 6.43 Å². The van der Waals surface area contributed by atoms with E-state index in [1.54, 1.807) is 0 Å². The molecule has 8 heteroatoms. The fourth-order valence-corrected chi connectivity index (χ4v) is 1.42. The van der Waals surface area contributed by atoms with Crippen molar-refractivity contribution in [1.29, 1.82) is 0 Å². The fourth-order valence-electron chi connectivity index (χ4n) is 1.42. The highest BCUT2D eigenvalue weighted by Gasteiger charge is 2.39. The van der Waals surface area contributed by atoms with E-state index in [1.807, 2.05) is 5.32 Å². The summed E-state index contributed by atoms with van der Waals surface area (Å²) >= 11 is 0. The van der Waals surface area contributed by atoms with Crippen molar-refractivity contribution in [2.24, 2.45) is 0 Å². The number of hydrogen-bond acceptors (Lipinski definition) is 5. The first-order chi connectivity index (χ1) is 7.47. The Morgan fingerprint density at radius 3 is 2.56 bits per heavy atom. The Labute approximate surface area is 89.8 Å². The molecule has 4 N–H and O–H groups in total. The van der Waals surface area contributed by atoms with E-state index in [4.69, 9.17) is 9.84 Å². The molecule has 6 nitrogen and oxygen atoms in total. The SMILES string of the molecule is O=C(NC1COC(CO)[C@@H](O)C1O)C(F)F. The van der Waals surface area contributed by atoms with Crippen molar-refractivity contribution in [1.82, 2.24) is 5.32 Å². The molecule has 1 saturated heterocycles. The van der Waals surface area contributed by atoms with Gasteiger partial charge in [0.25, 0.3) is 5.91 Å². The van der Waals surface area contributed by atoms with Crippen LogP contribution in [-0.2, 0) is 9.53 Å². The van der Waals surface area contributed by atoms with Gasteiger partial charge in [0.15, 0.2) is 0 Å². The standard InChI is InChI=1S/C8H13F2NO5/c9-7(10)8(15)11-3-2-16-4(1-12)6(14)5(3)13/h3-7,12-14H,1-2H2,(H,11,15)/t3?,4?,5?,6-/m1/s1. The van der Waals surface area contributed by atoms with Gasteiger partial charge in [0.2, 0.25) is 0 Å². The first-order valence-corrected chi connectivity index (χ1v) is 4.64. The summed E-state index contributed by atoms with van der Waals surface area (Å²) < 4.78 is 28.7.